The van der Waals surface area contributed by atoms with Gasteiger partial charge in [0.1, 0.15) is 0 Å². The van der Waals surface area contributed by atoms with Crippen molar-refractivity contribution in [2.24, 2.45) is 5.92 Å². The highest BCUT2D eigenvalue weighted by Crippen LogP contribution is 2.52. The molecule has 2 aliphatic rings. The maximum atomic E-state index is 11.3. The molecular weight excluding hydrogens is 248 g/mol. The van der Waals surface area contributed by atoms with Gasteiger partial charge in [-0.25, -0.2) is 0 Å². The average molecular weight is 272 g/mol. The van der Waals surface area contributed by atoms with Crippen LogP contribution in [0.1, 0.15) is 61.6 Å². The van der Waals surface area contributed by atoms with Crippen LogP contribution in [0.2, 0.25) is 0 Å². The van der Waals surface area contributed by atoms with Crippen LogP contribution in [0.4, 0.5) is 0 Å². The molecule has 108 valence electrons. The van der Waals surface area contributed by atoms with E-state index in [0.29, 0.717) is 12.3 Å². The van der Waals surface area contributed by atoms with Gasteiger partial charge < -0.3 is 5.11 Å². The van der Waals surface area contributed by atoms with Gasteiger partial charge in [-0.2, -0.15) is 0 Å². The van der Waals surface area contributed by atoms with E-state index in [0.717, 1.165) is 12.8 Å². The molecule has 0 bridgehead atoms. The van der Waals surface area contributed by atoms with E-state index in [1.807, 2.05) is 0 Å². The number of aryl methyl sites for hydroxylation is 2. The van der Waals surface area contributed by atoms with Crippen molar-refractivity contribution >= 4 is 5.97 Å². The number of carboxylic acid groups (broad SMARTS) is 1. The van der Waals surface area contributed by atoms with Crippen molar-refractivity contribution in [2.75, 3.05) is 0 Å². The molecule has 0 saturated heterocycles. The second-order valence-electron chi connectivity index (χ2n) is 6.66. The summed E-state index contributed by atoms with van der Waals surface area (Å²) in [6, 6.07) is 6.62. The lowest BCUT2D eigenvalue weighted by Gasteiger charge is -2.48. The standard InChI is InChI=1S/C18H24O2/c1-13-6-5-7-14-8-9-15(12-16(19)20)18(17(13)14)10-3-2-4-11-18/h5-7,15H,2-4,8-12H2,1H3,(H,19,20). The van der Waals surface area contributed by atoms with Crippen molar-refractivity contribution in [1.29, 1.82) is 0 Å². The summed E-state index contributed by atoms with van der Waals surface area (Å²) in [6.45, 7) is 2.21. The fraction of sp³-hybridized carbons (Fsp3) is 0.611. The third-order valence-corrected chi connectivity index (χ3v) is 5.57. The number of rotatable bonds is 2. The number of hydrogen-bond acceptors (Lipinski definition) is 1. The number of benzene rings is 1. The minimum absolute atomic E-state index is 0.148. The molecule has 2 nitrogen and oxygen atoms in total. The van der Waals surface area contributed by atoms with Crippen LogP contribution < -0.4 is 0 Å². The zero-order valence-corrected chi connectivity index (χ0v) is 12.3. The Morgan fingerprint density at radius 3 is 2.75 bits per heavy atom. The number of carbonyl (C=O) groups is 1. The van der Waals surface area contributed by atoms with Crippen molar-refractivity contribution < 1.29 is 9.90 Å². The van der Waals surface area contributed by atoms with Crippen molar-refractivity contribution in [3.8, 4) is 0 Å². The minimum atomic E-state index is -0.628. The number of aliphatic carboxylic acids is 1. The highest BCUT2D eigenvalue weighted by molar-refractivity contribution is 5.67. The van der Waals surface area contributed by atoms with Crippen molar-refractivity contribution in [3.63, 3.8) is 0 Å². The number of carboxylic acids is 1. The highest BCUT2D eigenvalue weighted by Gasteiger charge is 2.45. The van der Waals surface area contributed by atoms with E-state index in [1.54, 1.807) is 0 Å². The summed E-state index contributed by atoms with van der Waals surface area (Å²) in [7, 11) is 0. The topological polar surface area (TPSA) is 37.3 Å². The van der Waals surface area contributed by atoms with Crippen LogP contribution in [-0.4, -0.2) is 11.1 Å². The summed E-state index contributed by atoms with van der Waals surface area (Å²) in [6.07, 6.45) is 8.62. The quantitative estimate of drug-likeness (QED) is 0.874. The molecule has 1 atom stereocenters. The normalized spacial score (nSPS) is 24.4. The van der Waals surface area contributed by atoms with Crippen LogP contribution >= 0.6 is 0 Å². The molecule has 1 N–H and O–H groups in total. The van der Waals surface area contributed by atoms with Gasteiger partial charge >= 0.3 is 5.97 Å². The zero-order valence-electron chi connectivity index (χ0n) is 12.3. The van der Waals surface area contributed by atoms with Gasteiger partial charge in [-0.1, -0.05) is 37.5 Å². The zero-order chi connectivity index (χ0) is 14.2. The molecule has 2 aliphatic carbocycles. The number of fused-ring (bicyclic) bond motifs is 2. The van der Waals surface area contributed by atoms with Crippen LogP contribution in [0.25, 0.3) is 0 Å². The number of hydrogen-bond donors (Lipinski definition) is 1. The second-order valence-corrected chi connectivity index (χ2v) is 6.66. The summed E-state index contributed by atoms with van der Waals surface area (Å²) in [5, 5.41) is 9.30. The summed E-state index contributed by atoms with van der Waals surface area (Å²) < 4.78 is 0. The fourth-order valence-corrected chi connectivity index (χ4v) is 4.81. The molecule has 0 heterocycles. The Balaban J connectivity index is 2.09. The first-order valence-electron chi connectivity index (χ1n) is 7.94. The predicted molar refractivity (Wildman–Crippen MR) is 80.0 cm³/mol. The van der Waals surface area contributed by atoms with Gasteiger partial charge in [-0.3, -0.25) is 4.79 Å². The van der Waals surface area contributed by atoms with Crippen LogP contribution in [-0.2, 0) is 16.6 Å². The van der Waals surface area contributed by atoms with E-state index < -0.39 is 5.97 Å². The van der Waals surface area contributed by atoms with Crippen LogP contribution in [0.15, 0.2) is 18.2 Å². The Kier molecular flexibility index (Phi) is 3.57. The molecule has 1 saturated carbocycles. The Morgan fingerprint density at radius 2 is 2.05 bits per heavy atom. The van der Waals surface area contributed by atoms with Crippen LogP contribution in [0, 0.1) is 12.8 Å². The molecule has 0 aromatic heterocycles. The Hall–Kier alpha value is -1.31. The van der Waals surface area contributed by atoms with Gasteiger partial charge in [0, 0.05) is 6.42 Å². The summed E-state index contributed by atoms with van der Waals surface area (Å²) in [5.74, 6) is -0.300. The third kappa shape index (κ3) is 2.15. The van der Waals surface area contributed by atoms with E-state index in [4.69, 9.17) is 0 Å². The molecule has 1 fully saturated rings. The largest absolute Gasteiger partial charge is 0.481 e. The summed E-state index contributed by atoms with van der Waals surface area (Å²) >= 11 is 0. The summed E-state index contributed by atoms with van der Waals surface area (Å²) in [5.41, 5.74) is 4.51. The molecule has 1 spiro atoms. The smallest absolute Gasteiger partial charge is 0.303 e. The van der Waals surface area contributed by atoms with E-state index in [9.17, 15) is 9.90 Å². The summed E-state index contributed by atoms with van der Waals surface area (Å²) in [4.78, 5) is 11.3. The molecular formula is C18H24O2. The lowest BCUT2D eigenvalue weighted by Crippen LogP contribution is -2.43. The maximum Gasteiger partial charge on any atom is 0.303 e. The van der Waals surface area contributed by atoms with Gasteiger partial charge in [0.2, 0.25) is 0 Å². The molecule has 0 amide bonds. The van der Waals surface area contributed by atoms with Crippen molar-refractivity contribution in [3.05, 3.63) is 34.9 Å². The van der Waals surface area contributed by atoms with E-state index >= 15 is 0 Å². The lowest BCUT2D eigenvalue weighted by atomic mass is 9.55. The first-order chi connectivity index (χ1) is 9.63. The van der Waals surface area contributed by atoms with E-state index in [-0.39, 0.29) is 5.41 Å². The SMILES string of the molecule is Cc1cccc2c1C1(CCCCC1)C(CC(=O)O)CC2. The maximum absolute atomic E-state index is 11.3. The monoisotopic (exact) mass is 272 g/mol. The van der Waals surface area contributed by atoms with E-state index in [1.165, 1.54) is 48.8 Å². The Bertz CT molecular complexity index is 512. The van der Waals surface area contributed by atoms with Gasteiger partial charge in [-0.05, 0) is 60.6 Å². The first-order valence-corrected chi connectivity index (χ1v) is 7.94. The Labute approximate surface area is 121 Å². The molecule has 1 aromatic carbocycles. The molecule has 3 rings (SSSR count). The average Bonchev–Trinajstić information content (AvgIpc) is 2.43. The fourth-order valence-electron chi connectivity index (χ4n) is 4.81. The van der Waals surface area contributed by atoms with E-state index in [2.05, 4.69) is 25.1 Å². The van der Waals surface area contributed by atoms with Gasteiger partial charge in [0.05, 0.1) is 0 Å². The first kappa shape index (κ1) is 13.7. The highest BCUT2D eigenvalue weighted by atomic mass is 16.4. The van der Waals surface area contributed by atoms with Gasteiger partial charge in [0.25, 0.3) is 0 Å². The minimum Gasteiger partial charge on any atom is -0.481 e. The lowest BCUT2D eigenvalue weighted by molar-refractivity contribution is -0.139. The van der Waals surface area contributed by atoms with Gasteiger partial charge in [0.15, 0.2) is 0 Å². The molecule has 0 aliphatic heterocycles. The molecule has 1 unspecified atom stereocenters. The van der Waals surface area contributed by atoms with Crippen molar-refractivity contribution in [2.45, 2.75) is 63.7 Å². The predicted octanol–water partition coefficient (Wildman–Crippen LogP) is 4.23. The van der Waals surface area contributed by atoms with Crippen LogP contribution in [0.5, 0.6) is 0 Å². The van der Waals surface area contributed by atoms with Gasteiger partial charge in [-0.15, -0.1) is 0 Å². The van der Waals surface area contributed by atoms with Crippen molar-refractivity contribution in [1.82, 2.24) is 0 Å². The molecule has 1 aromatic rings. The second kappa shape index (κ2) is 5.23. The molecule has 0 radical (unpaired) electrons. The molecule has 2 heteroatoms. The third-order valence-electron chi connectivity index (χ3n) is 5.57. The molecule has 20 heavy (non-hydrogen) atoms. The van der Waals surface area contributed by atoms with Crippen LogP contribution in [0.3, 0.4) is 0 Å². The Morgan fingerprint density at radius 1 is 1.30 bits per heavy atom.